The second-order valence-electron chi connectivity index (χ2n) is 8.42. The number of para-hydroxylation sites is 1. The van der Waals surface area contributed by atoms with Crippen molar-refractivity contribution in [3.63, 3.8) is 0 Å². The Kier molecular flexibility index (Phi) is 6.02. The Bertz CT molecular complexity index is 1370. The highest BCUT2D eigenvalue weighted by atomic mass is 19.3. The van der Waals surface area contributed by atoms with Crippen LogP contribution in [0.25, 0.3) is 16.9 Å². The molecule has 0 radical (unpaired) electrons. The summed E-state index contributed by atoms with van der Waals surface area (Å²) in [5.41, 5.74) is 4.39. The summed E-state index contributed by atoms with van der Waals surface area (Å²) in [5, 5.41) is 8.46. The second-order valence-corrected chi connectivity index (χ2v) is 8.42. The molecule has 35 heavy (non-hydrogen) atoms. The van der Waals surface area contributed by atoms with Crippen LogP contribution in [0.1, 0.15) is 23.7 Å². The van der Waals surface area contributed by atoms with Crippen LogP contribution in [-0.4, -0.2) is 50.5 Å². The summed E-state index contributed by atoms with van der Waals surface area (Å²) in [6.45, 7) is 1.24. The number of alkyl halides is 2. The minimum Gasteiger partial charge on any atom is -0.495 e. The molecule has 1 aliphatic rings. The van der Waals surface area contributed by atoms with E-state index in [1.165, 1.54) is 9.58 Å². The fourth-order valence-electron chi connectivity index (χ4n) is 4.44. The molecule has 0 saturated carbocycles. The molecule has 10 heteroatoms. The van der Waals surface area contributed by atoms with Gasteiger partial charge in [0.05, 0.1) is 37.6 Å². The first kappa shape index (κ1) is 22.7. The van der Waals surface area contributed by atoms with Crippen LogP contribution < -0.4 is 9.64 Å². The second kappa shape index (κ2) is 9.28. The highest BCUT2D eigenvalue weighted by Gasteiger charge is 2.33. The number of aromatic nitrogens is 5. The SMILES string of the molecule is COc1cc(-c2cn([C@@H]3CCc4ccccc4N(CC(F)F)C3=O)nn2)ccc1-n1cnc(C)c1. The number of nitrogens with zero attached hydrogens (tertiary/aromatic N) is 6. The minimum atomic E-state index is -2.65. The monoisotopic (exact) mass is 478 g/mol. The zero-order chi connectivity index (χ0) is 24.5. The first-order valence-corrected chi connectivity index (χ1v) is 11.2. The first-order chi connectivity index (χ1) is 16.9. The molecule has 0 fully saturated rings. The van der Waals surface area contributed by atoms with E-state index in [0.717, 1.165) is 22.5 Å². The van der Waals surface area contributed by atoms with E-state index in [0.29, 0.717) is 30.0 Å². The van der Waals surface area contributed by atoms with Crippen LogP contribution in [0.3, 0.4) is 0 Å². The first-order valence-electron chi connectivity index (χ1n) is 11.2. The van der Waals surface area contributed by atoms with E-state index in [2.05, 4.69) is 15.3 Å². The molecule has 1 atom stereocenters. The quantitative estimate of drug-likeness (QED) is 0.414. The van der Waals surface area contributed by atoms with E-state index in [9.17, 15) is 13.6 Å². The largest absolute Gasteiger partial charge is 0.495 e. The summed E-state index contributed by atoms with van der Waals surface area (Å²) in [6, 6.07) is 12.1. The maximum Gasteiger partial charge on any atom is 0.256 e. The number of aryl methyl sites for hydroxylation is 2. The molecule has 3 heterocycles. The van der Waals surface area contributed by atoms with Crippen LogP contribution in [0, 0.1) is 6.92 Å². The Morgan fingerprint density at radius 2 is 1.97 bits per heavy atom. The van der Waals surface area contributed by atoms with E-state index in [1.807, 2.05) is 48.0 Å². The number of ether oxygens (including phenoxy) is 1. The maximum atomic E-state index is 13.4. The Labute approximate surface area is 200 Å². The lowest BCUT2D eigenvalue weighted by Crippen LogP contribution is -2.39. The summed E-state index contributed by atoms with van der Waals surface area (Å²) in [4.78, 5) is 18.8. The van der Waals surface area contributed by atoms with Gasteiger partial charge in [0.1, 0.15) is 17.5 Å². The standard InChI is InChI=1S/C25H24F2N6O2/c1-16-12-31(15-28-16)21-9-8-18(11-23(21)35-2)19-13-33(30-29-19)22-10-7-17-5-3-4-6-20(17)32(25(22)34)14-24(26)27/h3-6,8-9,11-13,15,22,24H,7,10,14H2,1-2H3/t22-/m1/s1. The molecule has 1 aliphatic heterocycles. The average Bonchev–Trinajstić information content (AvgIpc) is 3.49. The van der Waals surface area contributed by atoms with Gasteiger partial charge in [0, 0.05) is 17.4 Å². The van der Waals surface area contributed by atoms with E-state index >= 15 is 0 Å². The lowest BCUT2D eigenvalue weighted by atomic mass is 10.1. The van der Waals surface area contributed by atoms with Crippen molar-refractivity contribution in [2.24, 2.45) is 0 Å². The molecule has 8 nitrogen and oxygen atoms in total. The van der Waals surface area contributed by atoms with Crippen molar-refractivity contribution in [2.75, 3.05) is 18.6 Å². The van der Waals surface area contributed by atoms with E-state index < -0.39 is 24.9 Å². The van der Waals surface area contributed by atoms with Gasteiger partial charge in [-0.15, -0.1) is 5.10 Å². The van der Waals surface area contributed by atoms with Crippen molar-refractivity contribution >= 4 is 11.6 Å². The number of carbonyl (C=O) groups excluding carboxylic acids is 1. The van der Waals surface area contributed by atoms with Gasteiger partial charge < -0.3 is 14.2 Å². The molecule has 0 N–H and O–H groups in total. The van der Waals surface area contributed by atoms with Crippen LogP contribution >= 0.6 is 0 Å². The normalized spacial score (nSPS) is 15.9. The topological polar surface area (TPSA) is 78.1 Å². The van der Waals surface area contributed by atoms with Crippen LogP contribution in [0.5, 0.6) is 5.75 Å². The summed E-state index contributed by atoms with van der Waals surface area (Å²) in [5.74, 6) is 0.202. The zero-order valence-electron chi connectivity index (χ0n) is 19.3. The molecular formula is C25H24F2N6O2. The lowest BCUT2D eigenvalue weighted by molar-refractivity contribution is -0.122. The van der Waals surface area contributed by atoms with Gasteiger partial charge in [-0.1, -0.05) is 29.5 Å². The van der Waals surface area contributed by atoms with E-state index in [4.69, 9.17) is 4.74 Å². The third-order valence-electron chi connectivity index (χ3n) is 6.14. The van der Waals surface area contributed by atoms with Gasteiger partial charge in [-0.2, -0.15) is 0 Å². The summed E-state index contributed by atoms with van der Waals surface area (Å²) < 4.78 is 35.6. The fourth-order valence-corrected chi connectivity index (χ4v) is 4.44. The molecule has 0 spiro atoms. The van der Waals surface area contributed by atoms with Crippen molar-refractivity contribution in [1.82, 2.24) is 24.5 Å². The van der Waals surface area contributed by atoms with Crippen molar-refractivity contribution < 1.29 is 18.3 Å². The van der Waals surface area contributed by atoms with Crippen molar-refractivity contribution in [2.45, 2.75) is 32.2 Å². The van der Waals surface area contributed by atoms with Crippen molar-refractivity contribution in [1.29, 1.82) is 0 Å². The molecule has 1 amide bonds. The average molecular weight is 479 g/mol. The third-order valence-corrected chi connectivity index (χ3v) is 6.14. The van der Waals surface area contributed by atoms with Crippen LogP contribution in [-0.2, 0) is 11.2 Å². The van der Waals surface area contributed by atoms with Gasteiger partial charge in [-0.25, -0.2) is 18.4 Å². The van der Waals surface area contributed by atoms with Crippen LogP contribution in [0.15, 0.2) is 61.2 Å². The number of amides is 1. The molecule has 0 saturated heterocycles. The Morgan fingerprint density at radius 3 is 2.71 bits per heavy atom. The Hall–Kier alpha value is -4.08. The molecule has 0 bridgehead atoms. The molecule has 0 aliphatic carbocycles. The van der Waals surface area contributed by atoms with Crippen molar-refractivity contribution in [3.05, 3.63) is 72.4 Å². The number of rotatable bonds is 6. The Balaban J connectivity index is 1.45. The van der Waals surface area contributed by atoms with E-state index in [1.54, 1.807) is 31.8 Å². The fraction of sp³-hybridized carbons (Fsp3) is 0.280. The molecule has 2 aromatic heterocycles. The zero-order valence-corrected chi connectivity index (χ0v) is 19.3. The smallest absolute Gasteiger partial charge is 0.256 e. The summed E-state index contributed by atoms with van der Waals surface area (Å²) in [7, 11) is 1.59. The molecule has 2 aromatic carbocycles. The number of imidazole rings is 1. The van der Waals surface area contributed by atoms with Gasteiger partial charge in [0.25, 0.3) is 12.3 Å². The molecule has 4 aromatic rings. The van der Waals surface area contributed by atoms with Gasteiger partial charge in [0.15, 0.2) is 0 Å². The van der Waals surface area contributed by atoms with Gasteiger partial charge >= 0.3 is 0 Å². The predicted molar refractivity (Wildman–Crippen MR) is 126 cm³/mol. The minimum absolute atomic E-state index is 0.421. The van der Waals surface area contributed by atoms with Crippen LogP contribution in [0.4, 0.5) is 14.5 Å². The number of hydrogen-bond donors (Lipinski definition) is 0. The number of fused-ring (bicyclic) bond motifs is 1. The Morgan fingerprint density at radius 1 is 1.14 bits per heavy atom. The van der Waals surface area contributed by atoms with Gasteiger partial charge in [-0.3, -0.25) is 4.79 Å². The number of anilines is 1. The third kappa shape index (κ3) is 4.39. The molecule has 180 valence electrons. The number of methoxy groups -OCH3 is 1. The number of halogens is 2. The molecular weight excluding hydrogens is 454 g/mol. The van der Waals surface area contributed by atoms with E-state index in [-0.39, 0.29) is 0 Å². The summed E-state index contributed by atoms with van der Waals surface area (Å²) >= 11 is 0. The van der Waals surface area contributed by atoms with Crippen molar-refractivity contribution in [3.8, 4) is 22.7 Å². The highest BCUT2D eigenvalue weighted by Crippen LogP contribution is 2.33. The highest BCUT2D eigenvalue weighted by molar-refractivity contribution is 5.97. The molecule has 0 unspecified atom stereocenters. The summed E-state index contributed by atoms with van der Waals surface area (Å²) in [6.07, 6.45) is 3.63. The lowest BCUT2D eigenvalue weighted by Gasteiger charge is -2.25. The predicted octanol–water partition coefficient (Wildman–Crippen LogP) is 4.23. The number of benzene rings is 2. The number of hydrogen-bond acceptors (Lipinski definition) is 5. The maximum absolute atomic E-state index is 13.4. The van der Waals surface area contributed by atoms with Crippen LogP contribution in [0.2, 0.25) is 0 Å². The number of carbonyl (C=O) groups is 1. The molecule has 5 rings (SSSR count). The van der Waals surface area contributed by atoms with Gasteiger partial charge in [0.2, 0.25) is 0 Å². The van der Waals surface area contributed by atoms with Gasteiger partial charge in [-0.05, 0) is 43.5 Å².